The molecular weight excluding hydrogens is 216 g/mol. The molecular formula is C13H18N2O2. The average molecular weight is 234 g/mol. The Labute approximate surface area is 101 Å². The van der Waals surface area contributed by atoms with Crippen molar-refractivity contribution in [2.45, 2.75) is 25.6 Å². The molecule has 0 spiro atoms. The normalized spacial score (nSPS) is 11.8. The first-order chi connectivity index (χ1) is 8.27. The van der Waals surface area contributed by atoms with E-state index in [0.717, 1.165) is 5.56 Å². The summed E-state index contributed by atoms with van der Waals surface area (Å²) in [7, 11) is 0. The van der Waals surface area contributed by atoms with Crippen LogP contribution in [0.1, 0.15) is 18.4 Å². The molecule has 0 aliphatic rings. The predicted octanol–water partition coefficient (Wildman–Crippen LogP) is 1.53. The molecule has 92 valence electrons. The highest BCUT2D eigenvalue weighted by molar-refractivity contribution is 5.80. The molecule has 3 N–H and O–H groups in total. The van der Waals surface area contributed by atoms with E-state index in [1.807, 2.05) is 30.3 Å². The maximum Gasteiger partial charge on any atom is 0.263 e. The van der Waals surface area contributed by atoms with Crippen molar-refractivity contribution in [1.82, 2.24) is 5.43 Å². The summed E-state index contributed by atoms with van der Waals surface area (Å²) in [6, 6.07) is 9.70. The fraction of sp³-hybridized carbons (Fsp3) is 0.308. The Morgan fingerprint density at radius 2 is 2.18 bits per heavy atom. The summed E-state index contributed by atoms with van der Waals surface area (Å²) >= 11 is 0. The summed E-state index contributed by atoms with van der Waals surface area (Å²) in [6.45, 7) is 4.02. The van der Waals surface area contributed by atoms with Crippen LogP contribution in [0.2, 0.25) is 0 Å². The molecule has 4 heteroatoms. The second-order valence-electron chi connectivity index (χ2n) is 3.66. The summed E-state index contributed by atoms with van der Waals surface area (Å²) in [5.41, 5.74) is 3.14. The van der Waals surface area contributed by atoms with Crippen LogP contribution in [0, 0.1) is 0 Å². The van der Waals surface area contributed by atoms with Gasteiger partial charge in [0.1, 0.15) is 6.10 Å². The monoisotopic (exact) mass is 234 g/mol. The van der Waals surface area contributed by atoms with Gasteiger partial charge in [0, 0.05) is 0 Å². The molecule has 1 rings (SSSR count). The van der Waals surface area contributed by atoms with Gasteiger partial charge in [-0.05, 0) is 18.4 Å². The lowest BCUT2D eigenvalue weighted by atomic mass is 10.2. The number of nitrogens with two attached hydrogens (primary N) is 1. The van der Waals surface area contributed by atoms with Crippen molar-refractivity contribution in [3.63, 3.8) is 0 Å². The topological polar surface area (TPSA) is 64.3 Å². The maximum atomic E-state index is 11.4. The van der Waals surface area contributed by atoms with Crippen molar-refractivity contribution in [1.29, 1.82) is 0 Å². The van der Waals surface area contributed by atoms with Crippen LogP contribution in [0.15, 0.2) is 43.0 Å². The van der Waals surface area contributed by atoms with Crippen molar-refractivity contribution in [3.8, 4) is 0 Å². The number of carbonyl (C=O) groups excluding carboxylic acids is 1. The molecule has 1 aromatic rings. The van der Waals surface area contributed by atoms with Gasteiger partial charge in [0.15, 0.2) is 0 Å². The Hall–Kier alpha value is -1.65. The molecule has 0 fully saturated rings. The van der Waals surface area contributed by atoms with Gasteiger partial charge in [-0.15, -0.1) is 6.58 Å². The van der Waals surface area contributed by atoms with Crippen LogP contribution in [0.3, 0.4) is 0 Å². The van der Waals surface area contributed by atoms with Crippen molar-refractivity contribution in [3.05, 3.63) is 48.6 Å². The molecule has 0 saturated carbocycles. The number of hydrazine groups is 1. The molecule has 0 aliphatic heterocycles. The van der Waals surface area contributed by atoms with Crippen LogP contribution in [-0.4, -0.2) is 12.0 Å². The second kappa shape index (κ2) is 7.60. The molecule has 1 unspecified atom stereocenters. The van der Waals surface area contributed by atoms with Gasteiger partial charge < -0.3 is 4.74 Å². The SMILES string of the molecule is C=CCCC(OCc1ccccc1)C(=O)NN. The smallest absolute Gasteiger partial charge is 0.263 e. The fourth-order valence-corrected chi connectivity index (χ4v) is 1.42. The van der Waals surface area contributed by atoms with E-state index in [2.05, 4.69) is 12.0 Å². The summed E-state index contributed by atoms with van der Waals surface area (Å²) < 4.78 is 5.54. The molecule has 0 aromatic heterocycles. The van der Waals surface area contributed by atoms with Crippen molar-refractivity contribution >= 4 is 5.91 Å². The molecule has 4 nitrogen and oxygen atoms in total. The third-order valence-corrected chi connectivity index (χ3v) is 2.36. The van der Waals surface area contributed by atoms with Gasteiger partial charge in [0.2, 0.25) is 0 Å². The van der Waals surface area contributed by atoms with Crippen molar-refractivity contribution in [2.24, 2.45) is 5.84 Å². The highest BCUT2D eigenvalue weighted by atomic mass is 16.5. The minimum Gasteiger partial charge on any atom is -0.364 e. The van der Waals surface area contributed by atoms with E-state index in [1.54, 1.807) is 6.08 Å². The second-order valence-corrected chi connectivity index (χ2v) is 3.66. The molecule has 0 bridgehead atoms. The maximum absolute atomic E-state index is 11.4. The van der Waals surface area contributed by atoms with E-state index in [-0.39, 0.29) is 5.91 Å². The van der Waals surface area contributed by atoms with Gasteiger partial charge in [0.25, 0.3) is 5.91 Å². The lowest BCUT2D eigenvalue weighted by Gasteiger charge is -2.15. The van der Waals surface area contributed by atoms with Gasteiger partial charge in [-0.3, -0.25) is 10.2 Å². The number of rotatable bonds is 7. The molecule has 1 aromatic carbocycles. The summed E-state index contributed by atoms with van der Waals surface area (Å²) in [5, 5.41) is 0. The standard InChI is InChI=1S/C13H18N2O2/c1-2-3-9-12(13(16)15-14)17-10-11-7-5-4-6-8-11/h2,4-8,12H,1,3,9-10,14H2,(H,15,16). The minimum absolute atomic E-state index is 0.303. The average Bonchev–Trinajstić information content (AvgIpc) is 2.39. The first-order valence-electron chi connectivity index (χ1n) is 5.54. The molecule has 0 radical (unpaired) electrons. The highest BCUT2D eigenvalue weighted by Gasteiger charge is 2.17. The molecule has 1 amide bonds. The number of carbonyl (C=O) groups is 1. The Morgan fingerprint density at radius 1 is 1.47 bits per heavy atom. The first kappa shape index (κ1) is 13.4. The van der Waals surface area contributed by atoms with Gasteiger partial charge >= 0.3 is 0 Å². The number of allylic oxidation sites excluding steroid dienone is 1. The van der Waals surface area contributed by atoms with Gasteiger partial charge in [-0.1, -0.05) is 36.4 Å². The zero-order valence-electron chi connectivity index (χ0n) is 9.76. The van der Waals surface area contributed by atoms with Gasteiger partial charge in [-0.25, -0.2) is 5.84 Å². The lowest BCUT2D eigenvalue weighted by Crippen LogP contribution is -2.40. The van der Waals surface area contributed by atoms with Gasteiger partial charge in [-0.2, -0.15) is 0 Å². The Balaban J connectivity index is 2.48. The zero-order valence-corrected chi connectivity index (χ0v) is 9.76. The fourth-order valence-electron chi connectivity index (χ4n) is 1.42. The third-order valence-electron chi connectivity index (χ3n) is 2.36. The van der Waals surface area contributed by atoms with Crippen LogP contribution in [-0.2, 0) is 16.1 Å². The molecule has 0 heterocycles. The van der Waals surface area contributed by atoms with Crippen LogP contribution >= 0.6 is 0 Å². The lowest BCUT2D eigenvalue weighted by molar-refractivity contribution is -0.134. The van der Waals surface area contributed by atoms with E-state index in [4.69, 9.17) is 10.6 Å². The first-order valence-corrected chi connectivity index (χ1v) is 5.54. The number of benzene rings is 1. The molecule has 17 heavy (non-hydrogen) atoms. The Morgan fingerprint density at radius 3 is 2.76 bits per heavy atom. The third kappa shape index (κ3) is 4.80. The number of amides is 1. The highest BCUT2D eigenvalue weighted by Crippen LogP contribution is 2.08. The quantitative estimate of drug-likeness (QED) is 0.325. The number of hydrogen-bond donors (Lipinski definition) is 2. The summed E-state index contributed by atoms with van der Waals surface area (Å²) in [5.74, 6) is 4.81. The van der Waals surface area contributed by atoms with E-state index in [0.29, 0.717) is 19.4 Å². The van der Waals surface area contributed by atoms with E-state index < -0.39 is 6.10 Å². The van der Waals surface area contributed by atoms with E-state index >= 15 is 0 Å². The predicted molar refractivity (Wildman–Crippen MR) is 66.8 cm³/mol. The van der Waals surface area contributed by atoms with Gasteiger partial charge in [0.05, 0.1) is 6.61 Å². The summed E-state index contributed by atoms with van der Waals surface area (Å²) in [6.07, 6.45) is 2.52. The molecule has 0 saturated heterocycles. The van der Waals surface area contributed by atoms with E-state index in [9.17, 15) is 4.79 Å². The van der Waals surface area contributed by atoms with Crippen LogP contribution in [0.4, 0.5) is 0 Å². The Bertz CT molecular complexity index is 352. The van der Waals surface area contributed by atoms with Crippen LogP contribution < -0.4 is 11.3 Å². The van der Waals surface area contributed by atoms with Crippen molar-refractivity contribution in [2.75, 3.05) is 0 Å². The molecule has 0 aliphatic carbocycles. The molecule has 1 atom stereocenters. The summed E-state index contributed by atoms with van der Waals surface area (Å²) in [4.78, 5) is 11.4. The minimum atomic E-state index is -0.529. The largest absolute Gasteiger partial charge is 0.364 e. The Kier molecular flexibility index (Phi) is 5.99. The number of ether oxygens (including phenoxy) is 1. The van der Waals surface area contributed by atoms with E-state index in [1.165, 1.54) is 0 Å². The van der Waals surface area contributed by atoms with Crippen LogP contribution in [0.5, 0.6) is 0 Å². The number of nitrogens with one attached hydrogen (secondary N) is 1. The van der Waals surface area contributed by atoms with Crippen LogP contribution in [0.25, 0.3) is 0 Å². The van der Waals surface area contributed by atoms with Crippen molar-refractivity contribution < 1.29 is 9.53 Å². The zero-order chi connectivity index (χ0) is 12.5. The number of hydrogen-bond acceptors (Lipinski definition) is 3.